The number of benzene rings is 8. The number of aryl methyl sites for hydroxylation is 2. The van der Waals surface area contributed by atoms with Crippen LogP contribution in [0.4, 0.5) is 0 Å². The Balaban J connectivity index is 0.00000372. The van der Waals surface area contributed by atoms with Gasteiger partial charge in [0, 0.05) is 32.9 Å². The maximum absolute atomic E-state index is 2.41. The Bertz CT molecular complexity index is 2720. The number of hydrogen-bond acceptors (Lipinski definition) is 0. The molecule has 0 aliphatic carbocycles. The molecular formula is C51H40N2. The molecule has 10 rings (SSSR count). The van der Waals surface area contributed by atoms with Crippen molar-refractivity contribution in [3.05, 3.63) is 193 Å². The molecule has 2 aromatic heterocycles. The molecule has 2 heteroatoms. The van der Waals surface area contributed by atoms with Gasteiger partial charge in [-0.05, 0) is 120 Å². The van der Waals surface area contributed by atoms with Gasteiger partial charge in [-0.1, -0.05) is 128 Å². The van der Waals surface area contributed by atoms with E-state index in [1.807, 2.05) is 0 Å². The van der Waals surface area contributed by atoms with Crippen LogP contribution in [-0.4, -0.2) is 9.13 Å². The predicted octanol–water partition coefficient (Wildman–Crippen LogP) is 14.1. The Morgan fingerprint density at radius 2 is 0.585 bits per heavy atom. The van der Waals surface area contributed by atoms with E-state index in [1.54, 1.807) is 0 Å². The maximum atomic E-state index is 2.41. The summed E-state index contributed by atoms with van der Waals surface area (Å²) in [5.74, 6) is 0. The van der Waals surface area contributed by atoms with Gasteiger partial charge < -0.3 is 9.13 Å². The van der Waals surface area contributed by atoms with Gasteiger partial charge in [-0.15, -0.1) is 0 Å². The Labute approximate surface area is 310 Å². The second-order valence-electron chi connectivity index (χ2n) is 14.0. The first-order chi connectivity index (χ1) is 25.6. The molecule has 0 radical (unpaired) electrons. The lowest BCUT2D eigenvalue weighted by Crippen LogP contribution is -1.94. The molecule has 8 aromatic carbocycles. The highest BCUT2D eigenvalue weighted by molar-refractivity contribution is 6.13. The lowest BCUT2D eigenvalue weighted by Gasteiger charge is -2.11. The number of fused-ring (bicyclic) bond motifs is 6. The average molecular weight is 681 g/mol. The fourth-order valence-electron chi connectivity index (χ4n) is 8.06. The summed E-state index contributed by atoms with van der Waals surface area (Å²) in [4.78, 5) is 0. The van der Waals surface area contributed by atoms with Crippen molar-refractivity contribution in [1.82, 2.24) is 9.13 Å². The second kappa shape index (κ2) is 12.8. The van der Waals surface area contributed by atoms with Crippen molar-refractivity contribution in [3.63, 3.8) is 0 Å². The van der Waals surface area contributed by atoms with Crippen LogP contribution >= 0.6 is 0 Å². The van der Waals surface area contributed by atoms with E-state index in [0.29, 0.717) is 0 Å². The van der Waals surface area contributed by atoms with Gasteiger partial charge in [0.15, 0.2) is 0 Å². The van der Waals surface area contributed by atoms with Crippen LogP contribution in [0, 0.1) is 13.8 Å². The average Bonchev–Trinajstić information content (AvgIpc) is 3.70. The molecule has 0 N–H and O–H groups in total. The third-order valence-electron chi connectivity index (χ3n) is 10.6. The van der Waals surface area contributed by atoms with Crippen LogP contribution in [0.2, 0.25) is 0 Å². The highest BCUT2D eigenvalue weighted by atomic mass is 15.0. The summed E-state index contributed by atoms with van der Waals surface area (Å²) in [6.07, 6.45) is 0. The smallest absolute Gasteiger partial charge is 0.0541 e. The minimum Gasteiger partial charge on any atom is -0.309 e. The SMILES string of the molecule is C.Cc1ccc2c(c1)c1cc(-c3ccc4c(c3)c3cc(C)ccc3n4-c3ccc(-c4ccccc4)cc3)ccc1n2-c1ccc(-c2ccccc2)cc1. The van der Waals surface area contributed by atoms with E-state index in [0.717, 1.165) is 11.4 Å². The molecule has 53 heavy (non-hydrogen) atoms. The van der Waals surface area contributed by atoms with Crippen molar-refractivity contribution in [3.8, 4) is 44.8 Å². The van der Waals surface area contributed by atoms with E-state index in [2.05, 4.69) is 205 Å². The van der Waals surface area contributed by atoms with Crippen LogP contribution < -0.4 is 0 Å². The first-order valence-electron chi connectivity index (χ1n) is 18.0. The van der Waals surface area contributed by atoms with E-state index in [-0.39, 0.29) is 7.43 Å². The number of nitrogens with zero attached hydrogens (tertiary/aromatic N) is 2. The standard InChI is InChI=1S/C50H36N2.CH4/c1-33-13-25-47-43(29-33)45-31-39(19-27-49(45)51(47)41-21-15-37(16-22-41)35-9-5-3-6-10-35)40-20-28-50-46(32-40)44-30-34(2)14-26-48(44)52(50)42-23-17-38(18-24-42)36-11-7-4-8-12-36;/h3-32H,1-2H3;1H4. The van der Waals surface area contributed by atoms with Gasteiger partial charge in [0.05, 0.1) is 22.1 Å². The molecule has 0 unspecified atom stereocenters. The van der Waals surface area contributed by atoms with Crippen LogP contribution in [0.3, 0.4) is 0 Å². The highest BCUT2D eigenvalue weighted by Crippen LogP contribution is 2.39. The number of aromatic nitrogens is 2. The number of rotatable bonds is 5. The molecule has 0 spiro atoms. The quantitative estimate of drug-likeness (QED) is 0.171. The molecular weight excluding hydrogens is 641 g/mol. The van der Waals surface area contributed by atoms with Crippen molar-refractivity contribution in [2.75, 3.05) is 0 Å². The molecule has 0 saturated carbocycles. The Kier molecular flexibility index (Phi) is 7.82. The summed E-state index contributed by atoms with van der Waals surface area (Å²) < 4.78 is 4.82. The third kappa shape index (κ3) is 5.43. The molecule has 0 atom stereocenters. The summed E-state index contributed by atoms with van der Waals surface area (Å²) in [5.41, 5.74) is 17.1. The second-order valence-corrected chi connectivity index (χ2v) is 14.0. The third-order valence-corrected chi connectivity index (χ3v) is 10.6. The topological polar surface area (TPSA) is 9.86 Å². The van der Waals surface area contributed by atoms with Crippen molar-refractivity contribution < 1.29 is 0 Å². The summed E-state index contributed by atoms with van der Waals surface area (Å²) in [5, 5.41) is 5.08. The molecule has 10 aromatic rings. The van der Waals surface area contributed by atoms with E-state index in [1.165, 1.54) is 88.1 Å². The molecule has 0 fully saturated rings. The van der Waals surface area contributed by atoms with Gasteiger partial charge in [-0.25, -0.2) is 0 Å². The highest BCUT2D eigenvalue weighted by Gasteiger charge is 2.17. The largest absolute Gasteiger partial charge is 0.309 e. The summed E-state index contributed by atoms with van der Waals surface area (Å²) in [6.45, 7) is 4.37. The maximum Gasteiger partial charge on any atom is 0.0541 e. The zero-order chi connectivity index (χ0) is 34.8. The van der Waals surface area contributed by atoms with Crippen molar-refractivity contribution in [2.45, 2.75) is 21.3 Å². The minimum atomic E-state index is 0. The van der Waals surface area contributed by atoms with Gasteiger partial charge in [0.25, 0.3) is 0 Å². The van der Waals surface area contributed by atoms with Crippen LogP contribution in [0.1, 0.15) is 18.6 Å². The molecule has 0 saturated heterocycles. The molecule has 2 nitrogen and oxygen atoms in total. The number of hydrogen-bond donors (Lipinski definition) is 0. The zero-order valence-electron chi connectivity index (χ0n) is 29.2. The van der Waals surface area contributed by atoms with Crippen LogP contribution in [0.25, 0.3) is 88.4 Å². The van der Waals surface area contributed by atoms with Gasteiger partial charge in [0.1, 0.15) is 0 Å². The van der Waals surface area contributed by atoms with Crippen LogP contribution in [0.5, 0.6) is 0 Å². The molecule has 0 bridgehead atoms. The lowest BCUT2D eigenvalue weighted by molar-refractivity contribution is 1.18. The lowest BCUT2D eigenvalue weighted by atomic mass is 10.00. The fraction of sp³-hybridized carbons (Fsp3) is 0.0588. The molecule has 2 heterocycles. The van der Waals surface area contributed by atoms with E-state index in [9.17, 15) is 0 Å². The van der Waals surface area contributed by atoms with Crippen LogP contribution in [-0.2, 0) is 0 Å². The van der Waals surface area contributed by atoms with Crippen molar-refractivity contribution in [1.29, 1.82) is 0 Å². The first-order valence-corrected chi connectivity index (χ1v) is 18.0. The first kappa shape index (κ1) is 32.3. The van der Waals surface area contributed by atoms with Crippen LogP contribution in [0.15, 0.2) is 182 Å². The Morgan fingerprint density at radius 1 is 0.283 bits per heavy atom. The molecule has 0 aliphatic heterocycles. The van der Waals surface area contributed by atoms with Crippen molar-refractivity contribution >= 4 is 43.6 Å². The molecule has 254 valence electrons. The summed E-state index contributed by atoms with van der Waals surface area (Å²) >= 11 is 0. The molecule has 0 amide bonds. The van der Waals surface area contributed by atoms with Gasteiger partial charge in [-0.3, -0.25) is 0 Å². The van der Waals surface area contributed by atoms with E-state index in [4.69, 9.17) is 0 Å². The van der Waals surface area contributed by atoms with Gasteiger partial charge in [-0.2, -0.15) is 0 Å². The normalized spacial score (nSPS) is 11.4. The summed E-state index contributed by atoms with van der Waals surface area (Å²) in [7, 11) is 0. The predicted molar refractivity (Wildman–Crippen MR) is 228 cm³/mol. The summed E-state index contributed by atoms with van der Waals surface area (Å²) in [6, 6.07) is 66.7. The monoisotopic (exact) mass is 680 g/mol. The van der Waals surface area contributed by atoms with Gasteiger partial charge in [0.2, 0.25) is 0 Å². The fourth-order valence-corrected chi connectivity index (χ4v) is 8.06. The zero-order valence-corrected chi connectivity index (χ0v) is 29.2. The van der Waals surface area contributed by atoms with E-state index < -0.39 is 0 Å². The molecule has 0 aliphatic rings. The van der Waals surface area contributed by atoms with Crippen molar-refractivity contribution in [2.24, 2.45) is 0 Å². The van der Waals surface area contributed by atoms with E-state index >= 15 is 0 Å². The Morgan fingerprint density at radius 3 is 0.962 bits per heavy atom. The Hall–Kier alpha value is -6.64. The van der Waals surface area contributed by atoms with Gasteiger partial charge >= 0.3 is 0 Å². The minimum absolute atomic E-state index is 0.